The maximum atomic E-state index is 12.3. The van der Waals surface area contributed by atoms with Gasteiger partial charge in [0.15, 0.2) is 5.13 Å². The number of thiazole rings is 1. The summed E-state index contributed by atoms with van der Waals surface area (Å²) in [4.78, 5) is 42.1. The number of nitrogens with one attached hydrogen (secondary N) is 2. The average molecular weight is 366 g/mol. The van der Waals surface area contributed by atoms with E-state index in [0.29, 0.717) is 31.1 Å². The monoisotopic (exact) mass is 366 g/mol. The van der Waals surface area contributed by atoms with Crippen LogP contribution in [0.4, 0.5) is 5.13 Å². The number of likely N-dealkylation sites (tertiary alicyclic amines) is 1. The Morgan fingerprint density at radius 3 is 2.60 bits per heavy atom. The van der Waals surface area contributed by atoms with Crippen LogP contribution in [0.3, 0.4) is 0 Å². The van der Waals surface area contributed by atoms with E-state index in [2.05, 4.69) is 15.6 Å². The van der Waals surface area contributed by atoms with Crippen molar-refractivity contribution in [2.24, 2.45) is 11.8 Å². The maximum absolute atomic E-state index is 12.3. The quantitative estimate of drug-likeness (QED) is 0.803. The van der Waals surface area contributed by atoms with Crippen LogP contribution in [-0.4, -0.2) is 47.2 Å². The Balaban J connectivity index is 1.74. The Bertz CT molecular complexity index is 623. The zero-order chi connectivity index (χ0) is 18.4. The van der Waals surface area contributed by atoms with Gasteiger partial charge in [-0.1, -0.05) is 13.8 Å². The molecule has 1 saturated heterocycles. The zero-order valence-electron chi connectivity index (χ0n) is 15.0. The molecule has 0 aliphatic carbocycles. The van der Waals surface area contributed by atoms with Gasteiger partial charge in [-0.15, -0.1) is 11.3 Å². The normalized spacial score (nSPS) is 16.4. The summed E-state index contributed by atoms with van der Waals surface area (Å²) in [5.41, 5.74) is 0.889. The van der Waals surface area contributed by atoms with Crippen molar-refractivity contribution in [1.29, 1.82) is 0 Å². The van der Waals surface area contributed by atoms with Crippen molar-refractivity contribution in [3.63, 3.8) is 0 Å². The van der Waals surface area contributed by atoms with Gasteiger partial charge in [-0.25, -0.2) is 4.98 Å². The summed E-state index contributed by atoms with van der Waals surface area (Å²) in [5.74, 6) is -0.416. The van der Waals surface area contributed by atoms with Crippen molar-refractivity contribution in [3.8, 4) is 0 Å². The number of hydrogen-bond donors (Lipinski definition) is 2. The molecule has 1 unspecified atom stereocenters. The Morgan fingerprint density at radius 1 is 1.36 bits per heavy atom. The molecule has 138 valence electrons. The number of nitrogens with zero attached hydrogens (tertiary/aromatic N) is 2. The van der Waals surface area contributed by atoms with Crippen molar-refractivity contribution in [3.05, 3.63) is 11.1 Å². The highest BCUT2D eigenvalue weighted by Gasteiger charge is 2.28. The smallest absolute Gasteiger partial charge is 0.241 e. The van der Waals surface area contributed by atoms with Gasteiger partial charge in [0.1, 0.15) is 0 Å². The second-order valence-corrected chi connectivity index (χ2v) is 7.32. The number of hydrogen-bond acceptors (Lipinski definition) is 5. The van der Waals surface area contributed by atoms with E-state index in [4.69, 9.17) is 0 Å². The molecule has 3 amide bonds. The van der Waals surface area contributed by atoms with Crippen LogP contribution < -0.4 is 10.6 Å². The SMILES string of the molecule is CCC(C)C(=O)NCC(=O)N1CCC(C(=O)Nc2nc(C)cs2)CC1. The number of carbonyl (C=O) groups is 3. The van der Waals surface area contributed by atoms with Crippen LogP contribution in [0.15, 0.2) is 5.38 Å². The van der Waals surface area contributed by atoms with Crippen molar-refractivity contribution >= 4 is 34.2 Å². The van der Waals surface area contributed by atoms with Gasteiger partial charge in [0.25, 0.3) is 0 Å². The van der Waals surface area contributed by atoms with E-state index >= 15 is 0 Å². The highest BCUT2D eigenvalue weighted by atomic mass is 32.1. The molecule has 0 saturated carbocycles. The number of aryl methyl sites for hydroxylation is 1. The first-order valence-corrected chi connectivity index (χ1v) is 9.57. The standard InChI is InChI=1S/C17H26N4O3S/c1-4-11(2)15(23)18-9-14(22)21-7-5-13(6-8-21)16(24)20-17-19-12(3)10-25-17/h10-11,13H,4-9H2,1-3H3,(H,18,23)(H,19,20,24). The first-order valence-electron chi connectivity index (χ1n) is 8.69. The number of piperidine rings is 1. The van der Waals surface area contributed by atoms with Crippen LogP contribution in [0.2, 0.25) is 0 Å². The lowest BCUT2D eigenvalue weighted by atomic mass is 9.96. The molecule has 7 nitrogen and oxygen atoms in total. The van der Waals surface area contributed by atoms with Gasteiger partial charge in [0.05, 0.1) is 12.2 Å². The molecule has 1 aromatic rings. The van der Waals surface area contributed by atoms with Gasteiger partial charge >= 0.3 is 0 Å². The molecule has 25 heavy (non-hydrogen) atoms. The minimum Gasteiger partial charge on any atom is -0.347 e. The third-order valence-electron chi connectivity index (χ3n) is 4.54. The van der Waals surface area contributed by atoms with Crippen molar-refractivity contribution < 1.29 is 14.4 Å². The minimum absolute atomic E-state index is 0.0262. The lowest BCUT2D eigenvalue weighted by molar-refractivity contribution is -0.135. The fourth-order valence-corrected chi connectivity index (χ4v) is 3.34. The topological polar surface area (TPSA) is 91.4 Å². The molecule has 1 aromatic heterocycles. The van der Waals surface area contributed by atoms with Crippen LogP contribution >= 0.6 is 11.3 Å². The highest BCUT2D eigenvalue weighted by molar-refractivity contribution is 7.13. The van der Waals surface area contributed by atoms with E-state index < -0.39 is 0 Å². The largest absolute Gasteiger partial charge is 0.347 e. The van der Waals surface area contributed by atoms with Gasteiger partial charge in [0, 0.05) is 30.3 Å². The second kappa shape index (κ2) is 8.94. The molecule has 0 spiro atoms. The van der Waals surface area contributed by atoms with E-state index in [0.717, 1.165) is 12.1 Å². The molecular formula is C17H26N4O3S. The number of rotatable bonds is 6. The molecule has 0 radical (unpaired) electrons. The molecule has 0 aromatic carbocycles. The Morgan fingerprint density at radius 2 is 2.04 bits per heavy atom. The van der Waals surface area contributed by atoms with Crippen LogP contribution in [0.1, 0.15) is 38.8 Å². The van der Waals surface area contributed by atoms with Crippen molar-refractivity contribution in [2.45, 2.75) is 40.0 Å². The summed E-state index contributed by atoms with van der Waals surface area (Å²) >= 11 is 1.41. The number of amides is 3. The fourth-order valence-electron chi connectivity index (χ4n) is 2.64. The van der Waals surface area contributed by atoms with E-state index in [1.807, 2.05) is 26.2 Å². The van der Waals surface area contributed by atoms with Crippen LogP contribution in [0, 0.1) is 18.8 Å². The molecule has 1 atom stereocenters. The van der Waals surface area contributed by atoms with E-state index in [9.17, 15) is 14.4 Å². The van der Waals surface area contributed by atoms with Gasteiger partial charge < -0.3 is 15.5 Å². The Kier molecular flexibility index (Phi) is 6.92. The van der Waals surface area contributed by atoms with Crippen molar-refractivity contribution in [1.82, 2.24) is 15.2 Å². The molecule has 8 heteroatoms. The number of aromatic nitrogens is 1. The van der Waals surface area contributed by atoms with Crippen molar-refractivity contribution in [2.75, 3.05) is 25.0 Å². The molecule has 1 aliphatic rings. The van der Waals surface area contributed by atoms with E-state index in [1.165, 1.54) is 11.3 Å². The molecule has 0 bridgehead atoms. The Hall–Kier alpha value is -1.96. The van der Waals surface area contributed by atoms with Crippen LogP contribution in [0.25, 0.3) is 0 Å². The molecular weight excluding hydrogens is 340 g/mol. The van der Waals surface area contributed by atoms with Crippen LogP contribution in [0.5, 0.6) is 0 Å². The average Bonchev–Trinajstić information content (AvgIpc) is 3.03. The molecule has 1 fully saturated rings. The zero-order valence-corrected chi connectivity index (χ0v) is 15.8. The van der Waals surface area contributed by atoms with Gasteiger partial charge in [-0.2, -0.15) is 0 Å². The van der Waals surface area contributed by atoms with E-state index in [-0.39, 0.29) is 36.1 Å². The molecule has 2 N–H and O–H groups in total. The van der Waals surface area contributed by atoms with Gasteiger partial charge in [-0.3, -0.25) is 14.4 Å². The molecule has 1 aliphatic heterocycles. The lowest BCUT2D eigenvalue weighted by Gasteiger charge is -2.31. The summed E-state index contributed by atoms with van der Waals surface area (Å²) in [6.45, 7) is 6.76. The Labute approximate surface area is 152 Å². The number of anilines is 1. The first-order chi connectivity index (χ1) is 11.9. The summed E-state index contributed by atoms with van der Waals surface area (Å²) < 4.78 is 0. The van der Waals surface area contributed by atoms with Gasteiger partial charge in [0.2, 0.25) is 17.7 Å². The maximum Gasteiger partial charge on any atom is 0.241 e. The predicted molar refractivity (Wildman–Crippen MR) is 97.2 cm³/mol. The van der Waals surface area contributed by atoms with E-state index in [1.54, 1.807) is 4.90 Å². The lowest BCUT2D eigenvalue weighted by Crippen LogP contribution is -2.46. The van der Waals surface area contributed by atoms with Crippen LogP contribution in [-0.2, 0) is 14.4 Å². The molecule has 2 heterocycles. The number of carbonyl (C=O) groups excluding carboxylic acids is 3. The predicted octanol–water partition coefficient (Wildman–Crippen LogP) is 1.79. The highest BCUT2D eigenvalue weighted by Crippen LogP contribution is 2.21. The summed E-state index contributed by atoms with van der Waals surface area (Å²) in [6, 6.07) is 0. The summed E-state index contributed by atoms with van der Waals surface area (Å²) in [5, 5.41) is 8.04. The van der Waals surface area contributed by atoms with Gasteiger partial charge in [-0.05, 0) is 26.2 Å². The second-order valence-electron chi connectivity index (χ2n) is 6.47. The third kappa shape index (κ3) is 5.52. The summed E-state index contributed by atoms with van der Waals surface area (Å²) in [7, 11) is 0. The third-order valence-corrected chi connectivity index (χ3v) is 5.42. The first kappa shape index (κ1) is 19.4. The fraction of sp³-hybridized carbons (Fsp3) is 0.647. The minimum atomic E-state index is -0.108. The molecule has 2 rings (SSSR count). The summed E-state index contributed by atoms with van der Waals surface area (Å²) in [6.07, 6.45) is 2.00.